The Morgan fingerprint density at radius 3 is 2.85 bits per heavy atom. The lowest BCUT2D eigenvalue weighted by atomic mass is 9.84. The lowest BCUT2D eigenvalue weighted by molar-refractivity contribution is -0.159. The maximum absolute atomic E-state index is 13.4. The van der Waals surface area contributed by atoms with Crippen molar-refractivity contribution in [2.75, 3.05) is 6.61 Å². The third-order valence-electron chi connectivity index (χ3n) is 3.45. The standard InChI is InChI=1S/C15H14F2O3/c1-3-6-20-14(19)15(13(16)17)8-10-5-4-9(2)7-11(10)12(15)18/h3-5,7,13H,1,6,8H2,2H3. The number of rotatable bonds is 4. The molecule has 20 heavy (non-hydrogen) atoms. The number of halogens is 2. The number of aryl methyl sites for hydroxylation is 1. The van der Waals surface area contributed by atoms with E-state index in [1.807, 2.05) is 0 Å². The Bertz CT molecular complexity index is 580. The van der Waals surface area contributed by atoms with Gasteiger partial charge in [-0.05, 0) is 18.6 Å². The Labute approximate surface area is 115 Å². The number of Topliss-reactive ketones (excluding diaryl/α,β-unsaturated/α-hetero) is 1. The van der Waals surface area contributed by atoms with Crippen molar-refractivity contribution in [1.82, 2.24) is 0 Å². The van der Waals surface area contributed by atoms with Gasteiger partial charge in [0.05, 0.1) is 0 Å². The highest BCUT2D eigenvalue weighted by Gasteiger charge is 2.59. The molecule has 0 fully saturated rings. The van der Waals surface area contributed by atoms with E-state index in [2.05, 4.69) is 6.58 Å². The number of esters is 1. The molecule has 0 heterocycles. The second-order valence-corrected chi connectivity index (χ2v) is 4.83. The van der Waals surface area contributed by atoms with Gasteiger partial charge in [0.1, 0.15) is 6.61 Å². The summed E-state index contributed by atoms with van der Waals surface area (Å²) in [4.78, 5) is 24.3. The molecule has 0 aliphatic heterocycles. The van der Waals surface area contributed by atoms with E-state index in [-0.39, 0.29) is 18.6 Å². The van der Waals surface area contributed by atoms with Gasteiger partial charge in [-0.2, -0.15) is 0 Å². The van der Waals surface area contributed by atoms with Crippen molar-refractivity contribution in [1.29, 1.82) is 0 Å². The van der Waals surface area contributed by atoms with Crippen molar-refractivity contribution in [3.63, 3.8) is 0 Å². The maximum atomic E-state index is 13.4. The van der Waals surface area contributed by atoms with Crippen LogP contribution in [0.4, 0.5) is 8.78 Å². The van der Waals surface area contributed by atoms with Gasteiger partial charge in [0.25, 0.3) is 6.43 Å². The lowest BCUT2D eigenvalue weighted by Gasteiger charge is -2.23. The summed E-state index contributed by atoms with van der Waals surface area (Å²) in [6, 6.07) is 4.86. The van der Waals surface area contributed by atoms with E-state index in [1.165, 1.54) is 12.1 Å². The summed E-state index contributed by atoms with van der Waals surface area (Å²) >= 11 is 0. The van der Waals surface area contributed by atoms with Crippen LogP contribution in [0.3, 0.4) is 0 Å². The SMILES string of the molecule is C=CCOC(=O)C1(C(F)F)Cc2ccc(C)cc2C1=O. The van der Waals surface area contributed by atoms with Crippen molar-refractivity contribution in [3.05, 3.63) is 47.5 Å². The highest BCUT2D eigenvalue weighted by atomic mass is 19.3. The molecule has 1 unspecified atom stereocenters. The number of alkyl halides is 2. The monoisotopic (exact) mass is 280 g/mol. The predicted molar refractivity (Wildman–Crippen MR) is 68.8 cm³/mol. The summed E-state index contributed by atoms with van der Waals surface area (Å²) in [5.74, 6) is -2.05. The van der Waals surface area contributed by atoms with Crippen molar-refractivity contribution in [2.45, 2.75) is 19.8 Å². The Balaban J connectivity index is 2.45. The number of ketones is 1. The summed E-state index contributed by atoms with van der Waals surface area (Å²) in [5.41, 5.74) is -1.00. The number of carbonyl (C=O) groups excluding carboxylic acids is 2. The molecular formula is C15H14F2O3. The van der Waals surface area contributed by atoms with Crippen LogP contribution in [0.2, 0.25) is 0 Å². The fourth-order valence-corrected chi connectivity index (χ4v) is 2.37. The van der Waals surface area contributed by atoms with Gasteiger partial charge < -0.3 is 4.74 Å². The van der Waals surface area contributed by atoms with Crippen LogP contribution in [-0.2, 0) is 16.0 Å². The highest BCUT2D eigenvalue weighted by molar-refractivity contribution is 6.16. The Morgan fingerprint density at radius 2 is 2.25 bits per heavy atom. The van der Waals surface area contributed by atoms with Gasteiger partial charge in [-0.3, -0.25) is 9.59 Å². The van der Waals surface area contributed by atoms with Crippen molar-refractivity contribution >= 4 is 11.8 Å². The quantitative estimate of drug-likeness (QED) is 0.484. The summed E-state index contributed by atoms with van der Waals surface area (Å²) in [7, 11) is 0. The first-order valence-corrected chi connectivity index (χ1v) is 6.14. The summed E-state index contributed by atoms with van der Waals surface area (Å²) in [6.07, 6.45) is -2.16. The van der Waals surface area contributed by atoms with Crippen LogP contribution >= 0.6 is 0 Å². The first-order valence-electron chi connectivity index (χ1n) is 6.14. The zero-order chi connectivity index (χ0) is 14.9. The van der Waals surface area contributed by atoms with Crippen LogP contribution < -0.4 is 0 Å². The van der Waals surface area contributed by atoms with E-state index in [1.54, 1.807) is 19.1 Å². The molecule has 0 aromatic heterocycles. The molecule has 0 bridgehead atoms. The van der Waals surface area contributed by atoms with Crippen LogP contribution in [-0.4, -0.2) is 24.8 Å². The Hall–Kier alpha value is -2.04. The molecule has 0 radical (unpaired) electrons. The van der Waals surface area contributed by atoms with Gasteiger partial charge >= 0.3 is 5.97 Å². The molecule has 3 nitrogen and oxygen atoms in total. The molecule has 1 aliphatic carbocycles. The third-order valence-corrected chi connectivity index (χ3v) is 3.45. The molecule has 2 rings (SSSR count). The van der Waals surface area contributed by atoms with Gasteiger partial charge in [0.15, 0.2) is 11.2 Å². The van der Waals surface area contributed by atoms with E-state index in [9.17, 15) is 18.4 Å². The molecule has 0 saturated heterocycles. The summed E-state index contributed by atoms with van der Waals surface area (Å²) < 4.78 is 31.6. The number of ether oxygens (including phenoxy) is 1. The second-order valence-electron chi connectivity index (χ2n) is 4.83. The predicted octanol–water partition coefficient (Wildman–Crippen LogP) is 2.71. The number of hydrogen-bond acceptors (Lipinski definition) is 3. The van der Waals surface area contributed by atoms with Gasteiger partial charge in [-0.25, -0.2) is 8.78 Å². The van der Waals surface area contributed by atoms with E-state index in [0.717, 1.165) is 5.56 Å². The minimum absolute atomic E-state index is 0.181. The molecule has 1 atom stereocenters. The third kappa shape index (κ3) is 2.03. The molecule has 0 amide bonds. The van der Waals surface area contributed by atoms with Gasteiger partial charge in [-0.1, -0.05) is 30.4 Å². The molecule has 0 N–H and O–H groups in total. The van der Waals surface area contributed by atoms with E-state index in [4.69, 9.17) is 4.74 Å². The average molecular weight is 280 g/mol. The number of hydrogen-bond donors (Lipinski definition) is 0. The first kappa shape index (κ1) is 14.4. The highest BCUT2D eigenvalue weighted by Crippen LogP contribution is 2.43. The smallest absolute Gasteiger partial charge is 0.326 e. The number of benzene rings is 1. The van der Waals surface area contributed by atoms with E-state index in [0.29, 0.717) is 5.56 Å². The number of fused-ring (bicyclic) bond motifs is 1. The average Bonchev–Trinajstić information content (AvgIpc) is 2.70. The zero-order valence-electron chi connectivity index (χ0n) is 11.0. The Kier molecular flexibility index (Phi) is 3.70. The molecule has 1 aromatic carbocycles. The zero-order valence-corrected chi connectivity index (χ0v) is 11.0. The topological polar surface area (TPSA) is 43.4 Å². The molecule has 0 spiro atoms. The van der Waals surface area contributed by atoms with Crippen LogP contribution in [0.1, 0.15) is 21.5 Å². The van der Waals surface area contributed by atoms with Crippen LogP contribution in [0.5, 0.6) is 0 Å². The van der Waals surface area contributed by atoms with Crippen molar-refractivity contribution in [3.8, 4) is 0 Å². The van der Waals surface area contributed by atoms with Crippen molar-refractivity contribution < 1.29 is 23.1 Å². The molecule has 1 aliphatic rings. The van der Waals surface area contributed by atoms with Gasteiger partial charge in [-0.15, -0.1) is 0 Å². The summed E-state index contributed by atoms with van der Waals surface area (Å²) in [5, 5.41) is 0. The van der Waals surface area contributed by atoms with Gasteiger partial charge in [0, 0.05) is 12.0 Å². The second kappa shape index (κ2) is 5.15. The molecule has 0 saturated carbocycles. The van der Waals surface area contributed by atoms with E-state index < -0.39 is 23.6 Å². The maximum Gasteiger partial charge on any atom is 0.326 e. The minimum Gasteiger partial charge on any atom is -0.461 e. The van der Waals surface area contributed by atoms with Crippen molar-refractivity contribution in [2.24, 2.45) is 5.41 Å². The van der Waals surface area contributed by atoms with Crippen LogP contribution in [0.25, 0.3) is 0 Å². The fourth-order valence-electron chi connectivity index (χ4n) is 2.37. The minimum atomic E-state index is -3.11. The van der Waals surface area contributed by atoms with E-state index >= 15 is 0 Å². The largest absolute Gasteiger partial charge is 0.461 e. The first-order chi connectivity index (χ1) is 9.43. The summed E-state index contributed by atoms with van der Waals surface area (Å²) in [6.45, 7) is 4.90. The fraction of sp³-hybridized carbons (Fsp3) is 0.333. The van der Waals surface area contributed by atoms with Gasteiger partial charge in [0.2, 0.25) is 0 Å². The van der Waals surface area contributed by atoms with Crippen LogP contribution in [0.15, 0.2) is 30.9 Å². The molecule has 5 heteroatoms. The van der Waals surface area contributed by atoms with Crippen LogP contribution in [0, 0.1) is 12.3 Å². The molecule has 106 valence electrons. The molecule has 1 aromatic rings. The Morgan fingerprint density at radius 1 is 1.55 bits per heavy atom. The normalized spacial score (nSPS) is 20.9. The number of carbonyl (C=O) groups is 2. The molecular weight excluding hydrogens is 266 g/mol. The lowest BCUT2D eigenvalue weighted by Crippen LogP contribution is -2.45.